The zero-order valence-corrected chi connectivity index (χ0v) is 22.6. The maximum atomic E-state index is 13.6. The van der Waals surface area contributed by atoms with E-state index < -0.39 is 0 Å². The third-order valence-electron chi connectivity index (χ3n) is 7.72. The fourth-order valence-electron chi connectivity index (χ4n) is 5.79. The van der Waals surface area contributed by atoms with E-state index in [1.54, 1.807) is 35.4 Å². The Morgan fingerprint density at radius 1 is 0.946 bits per heavy atom. The maximum absolute atomic E-state index is 13.6. The van der Waals surface area contributed by atoms with Crippen molar-refractivity contribution >= 4 is 23.2 Å². The topological polar surface area (TPSA) is 89.7 Å². The van der Waals surface area contributed by atoms with Crippen molar-refractivity contribution in [2.24, 2.45) is 5.92 Å². The summed E-state index contributed by atoms with van der Waals surface area (Å²) >= 11 is 12.3. The second-order valence-corrected chi connectivity index (χ2v) is 11.1. The van der Waals surface area contributed by atoms with E-state index in [4.69, 9.17) is 28.2 Å². The molecular weight excluding hydrogens is 509 g/mol. The molecule has 2 aliphatic heterocycles. The van der Waals surface area contributed by atoms with E-state index in [-0.39, 0.29) is 22.8 Å². The number of benzene rings is 1. The van der Waals surface area contributed by atoms with Crippen LogP contribution in [0.2, 0.25) is 10.2 Å². The van der Waals surface area contributed by atoms with Crippen LogP contribution in [0.5, 0.6) is 0 Å². The Bertz CT molecular complexity index is 1240. The Morgan fingerprint density at radius 2 is 1.78 bits per heavy atom. The molecule has 2 saturated heterocycles. The Hall–Kier alpha value is -2.26. The quantitative estimate of drug-likeness (QED) is 0.480. The molecule has 4 heterocycles. The summed E-state index contributed by atoms with van der Waals surface area (Å²) in [5.74, 6) is 0.711. The van der Waals surface area contributed by atoms with Crippen LogP contribution in [-0.2, 0) is 0 Å². The minimum Gasteiger partial charge on any atom is -0.317 e. The van der Waals surface area contributed by atoms with Crippen molar-refractivity contribution in [2.45, 2.75) is 69.9 Å². The highest BCUT2D eigenvalue weighted by atomic mass is 35.5. The first-order valence-corrected chi connectivity index (χ1v) is 14.2. The van der Waals surface area contributed by atoms with E-state index in [1.807, 2.05) is 10.6 Å². The predicted octanol–water partition coefficient (Wildman–Crippen LogP) is 5.04. The van der Waals surface area contributed by atoms with Crippen LogP contribution < -0.4 is 16.2 Å². The number of fused-ring (bicyclic) bond motifs is 2. The predicted molar refractivity (Wildman–Crippen MR) is 148 cm³/mol. The molecule has 0 amide bonds. The number of piperidine rings is 1. The average molecular weight is 545 g/mol. The molecule has 0 radical (unpaired) electrons. The van der Waals surface area contributed by atoms with Crippen molar-refractivity contribution in [1.29, 1.82) is 0 Å². The maximum Gasteiger partial charge on any atom is 0.254 e. The lowest BCUT2D eigenvalue weighted by molar-refractivity contribution is 0.211. The van der Waals surface area contributed by atoms with Gasteiger partial charge in [0.15, 0.2) is 5.15 Å². The van der Waals surface area contributed by atoms with Crippen molar-refractivity contribution in [1.82, 2.24) is 35.2 Å². The highest BCUT2D eigenvalue weighted by molar-refractivity contribution is 6.31. The van der Waals surface area contributed by atoms with Gasteiger partial charge in [0, 0.05) is 22.7 Å². The molecular formula is C27H35Cl2N7O. The third kappa shape index (κ3) is 6.60. The van der Waals surface area contributed by atoms with Crippen LogP contribution in [0.15, 0.2) is 41.6 Å². The largest absolute Gasteiger partial charge is 0.317 e. The average Bonchev–Trinajstić information content (AvgIpc) is 3.33. The monoisotopic (exact) mass is 543 g/mol. The molecule has 2 fully saturated rings. The first-order chi connectivity index (χ1) is 18.1. The van der Waals surface area contributed by atoms with E-state index in [0.29, 0.717) is 27.9 Å². The first-order valence-electron chi connectivity index (χ1n) is 13.5. The SMILES string of the molecule is O=c1cc(-c2cc(Cl)ccc2-n2cc(Cl)nn2)ncn1[C@H]1CCCCCNCCCCC2CCNC1C2. The van der Waals surface area contributed by atoms with Gasteiger partial charge in [-0.1, -0.05) is 54.1 Å². The summed E-state index contributed by atoms with van der Waals surface area (Å²) in [6.45, 7) is 3.21. The molecule has 2 aliphatic rings. The molecule has 198 valence electrons. The van der Waals surface area contributed by atoms with Crippen molar-refractivity contribution in [2.75, 3.05) is 19.6 Å². The molecule has 0 saturated carbocycles. The highest BCUT2D eigenvalue weighted by Crippen LogP contribution is 2.31. The summed E-state index contributed by atoms with van der Waals surface area (Å²) in [7, 11) is 0. The highest BCUT2D eigenvalue weighted by Gasteiger charge is 2.30. The van der Waals surface area contributed by atoms with Gasteiger partial charge in [-0.2, -0.15) is 0 Å². The molecule has 1 aromatic carbocycles. The number of aromatic nitrogens is 5. The minimum absolute atomic E-state index is 0.0516. The van der Waals surface area contributed by atoms with Crippen LogP contribution in [0.25, 0.3) is 16.9 Å². The number of hydrogen-bond acceptors (Lipinski definition) is 6. The Balaban J connectivity index is 1.44. The van der Waals surface area contributed by atoms with Gasteiger partial charge in [-0.05, 0) is 75.9 Å². The van der Waals surface area contributed by atoms with Crippen LogP contribution in [0.3, 0.4) is 0 Å². The van der Waals surface area contributed by atoms with Gasteiger partial charge in [0.1, 0.15) is 0 Å². The van der Waals surface area contributed by atoms with Crippen molar-refractivity contribution in [3.05, 3.63) is 57.3 Å². The molecule has 2 N–H and O–H groups in total. The van der Waals surface area contributed by atoms with Gasteiger partial charge in [0.25, 0.3) is 5.56 Å². The Labute approximate surface area is 227 Å². The second-order valence-electron chi connectivity index (χ2n) is 10.3. The van der Waals surface area contributed by atoms with E-state index in [9.17, 15) is 4.79 Å². The van der Waals surface area contributed by atoms with Crippen LogP contribution in [-0.4, -0.2) is 50.2 Å². The Kier molecular flexibility index (Phi) is 8.92. The first kappa shape index (κ1) is 26.4. The summed E-state index contributed by atoms with van der Waals surface area (Å²) < 4.78 is 3.42. The molecule has 2 aromatic heterocycles. The smallest absolute Gasteiger partial charge is 0.254 e. The normalized spacial score (nSPS) is 23.9. The van der Waals surface area contributed by atoms with Crippen LogP contribution in [0.1, 0.15) is 63.8 Å². The summed E-state index contributed by atoms with van der Waals surface area (Å²) in [6, 6.07) is 7.37. The summed E-state index contributed by atoms with van der Waals surface area (Å²) in [4.78, 5) is 18.3. The van der Waals surface area contributed by atoms with Gasteiger partial charge in [-0.3, -0.25) is 9.36 Å². The van der Waals surface area contributed by atoms with Gasteiger partial charge < -0.3 is 10.6 Å². The second kappa shape index (κ2) is 12.5. The molecule has 2 unspecified atom stereocenters. The van der Waals surface area contributed by atoms with E-state index in [0.717, 1.165) is 45.3 Å². The number of rotatable bonds is 3. The van der Waals surface area contributed by atoms with E-state index >= 15 is 0 Å². The fourth-order valence-corrected chi connectivity index (χ4v) is 6.09. The lowest BCUT2D eigenvalue weighted by Crippen LogP contribution is -2.46. The molecule has 10 heteroatoms. The fraction of sp³-hybridized carbons (Fsp3) is 0.556. The summed E-state index contributed by atoms with van der Waals surface area (Å²) in [5.41, 5.74) is 1.90. The summed E-state index contributed by atoms with van der Waals surface area (Å²) in [6.07, 6.45) is 13.8. The summed E-state index contributed by atoms with van der Waals surface area (Å²) in [5, 5.41) is 16.1. The van der Waals surface area contributed by atoms with Gasteiger partial charge in [-0.15, -0.1) is 5.10 Å². The van der Waals surface area contributed by atoms with Gasteiger partial charge in [-0.25, -0.2) is 9.67 Å². The van der Waals surface area contributed by atoms with Gasteiger partial charge in [0.2, 0.25) is 0 Å². The van der Waals surface area contributed by atoms with Crippen molar-refractivity contribution in [3.63, 3.8) is 0 Å². The van der Waals surface area contributed by atoms with Gasteiger partial charge in [0.05, 0.1) is 29.9 Å². The molecule has 0 spiro atoms. The lowest BCUT2D eigenvalue weighted by Gasteiger charge is -2.36. The van der Waals surface area contributed by atoms with E-state index in [1.165, 1.54) is 32.1 Å². The standard InChI is InChI=1S/C27H35Cl2N7O/c28-20-8-9-24(36-17-26(29)33-34-36)21(15-20)22-16-27(37)35(18-32-22)25-7-2-1-4-11-30-12-5-3-6-19-10-13-31-23(25)14-19/h8-9,15-19,23,25,30-31H,1-7,10-14H2/t19?,23?,25-/m0/s1. The van der Waals surface area contributed by atoms with Gasteiger partial charge >= 0.3 is 0 Å². The molecule has 3 atom stereocenters. The van der Waals surface area contributed by atoms with E-state index in [2.05, 4.69) is 20.9 Å². The number of hydrogen-bond donors (Lipinski definition) is 2. The Morgan fingerprint density at radius 3 is 2.59 bits per heavy atom. The lowest BCUT2D eigenvalue weighted by atomic mass is 9.84. The van der Waals surface area contributed by atoms with Crippen molar-refractivity contribution in [3.8, 4) is 16.9 Å². The van der Waals surface area contributed by atoms with Crippen LogP contribution in [0, 0.1) is 5.92 Å². The molecule has 37 heavy (non-hydrogen) atoms. The molecule has 5 rings (SSSR count). The zero-order chi connectivity index (χ0) is 25.6. The number of halogens is 2. The molecule has 8 nitrogen and oxygen atoms in total. The molecule has 3 aromatic rings. The number of nitrogens with one attached hydrogen (secondary N) is 2. The zero-order valence-electron chi connectivity index (χ0n) is 21.1. The number of nitrogens with zero attached hydrogens (tertiary/aromatic N) is 5. The van der Waals surface area contributed by atoms with Crippen LogP contribution in [0.4, 0.5) is 0 Å². The molecule has 0 aliphatic carbocycles. The van der Waals surface area contributed by atoms with Crippen LogP contribution >= 0.6 is 23.2 Å². The molecule has 2 bridgehead atoms. The minimum atomic E-state index is -0.0516. The third-order valence-corrected chi connectivity index (χ3v) is 8.13. The van der Waals surface area contributed by atoms with Crippen molar-refractivity contribution < 1.29 is 0 Å².